The largest absolute Gasteiger partial charge is 0.457 e. The fraction of sp³-hybridized carbons (Fsp3) is 0.160. The van der Waals surface area contributed by atoms with Crippen molar-refractivity contribution < 1.29 is 23.4 Å². The Morgan fingerprint density at radius 2 is 1.82 bits per heavy atom. The number of nitrogens with zero attached hydrogens (tertiary/aromatic N) is 2. The molecule has 0 radical (unpaired) electrons. The van der Waals surface area contributed by atoms with Crippen molar-refractivity contribution >= 4 is 16.9 Å². The van der Waals surface area contributed by atoms with E-state index in [1.165, 1.54) is 28.8 Å². The molecule has 5 rings (SSSR count). The summed E-state index contributed by atoms with van der Waals surface area (Å²) in [7, 11) is 0. The van der Waals surface area contributed by atoms with Gasteiger partial charge in [0.05, 0.1) is 16.6 Å². The summed E-state index contributed by atoms with van der Waals surface area (Å²) in [4.78, 5) is 30.1. The highest BCUT2D eigenvalue weighted by atomic mass is 19.1. The Kier molecular flexibility index (Phi) is 5.48. The van der Waals surface area contributed by atoms with Crippen LogP contribution >= 0.6 is 0 Å². The third-order valence-corrected chi connectivity index (χ3v) is 5.35. The van der Waals surface area contributed by atoms with E-state index in [4.69, 9.17) is 14.2 Å². The first kappa shape index (κ1) is 20.7. The molecule has 0 bridgehead atoms. The van der Waals surface area contributed by atoms with Crippen LogP contribution in [0.1, 0.15) is 17.8 Å². The fourth-order valence-corrected chi connectivity index (χ4v) is 3.69. The van der Waals surface area contributed by atoms with Gasteiger partial charge in [-0.2, -0.15) is 0 Å². The first-order valence-corrected chi connectivity index (χ1v) is 10.4. The molecule has 0 saturated carbocycles. The first-order chi connectivity index (χ1) is 16.1. The molecule has 4 aromatic rings. The Balaban J connectivity index is 1.35. The van der Waals surface area contributed by atoms with Crippen molar-refractivity contribution in [3.63, 3.8) is 0 Å². The van der Waals surface area contributed by atoms with Gasteiger partial charge in [0.1, 0.15) is 12.4 Å². The zero-order valence-corrected chi connectivity index (χ0v) is 17.5. The van der Waals surface area contributed by atoms with Gasteiger partial charge < -0.3 is 14.2 Å². The second-order valence-corrected chi connectivity index (χ2v) is 7.51. The highest BCUT2D eigenvalue weighted by molar-refractivity contribution is 5.78. The van der Waals surface area contributed by atoms with E-state index in [0.717, 1.165) is 5.56 Å². The molecule has 33 heavy (non-hydrogen) atoms. The van der Waals surface area contributed by atoms with Crippen LogP contribution in [0.5, 0.6) is 11.5 Å². The number of rotatable bonds is 6. The lowest BCUT2D eigenvalue weighted by atomic mass is 10.1. The van der Waals surface area contributed by atoms with Gasteiger partial charge in [-0.3, -0.25) is 14.2 Å². The molecule has 1 aliphatic heterocycles. The lowest BCUT2D eigenvalue weighted by molar-refractivity contribution is -0.145. The van der Waals surface area contributed by atoms with Crippen molar-refractivity contribution in [2.24, 2.45) is 0 Å². The lowest BCUT2D eigenvalue weighted by Gasteiger charge is -2.14. The molecule has 2 heterocycles. The Labute approximate surface area is 188 Å². The number of hydrogen-bond donors (Lipinski definition) is 0. The van der Waals surface area contributed by atoms with Crippen LogP contribution in [0.3, 0.4) is 0 Å². The Hall–Kier alpha value is -4.20. The number of hydrogen-bond acceptors (Lipinski definition) is 6. The van der Waals surface area contributed by atoms with Gasteiger partial charge in [0, 0.05) is 6.42 Å². The number of carbonyl (C=O) groups is 1. The maximum atomic E-state index is 13.4. The minimum absolute atomic E-state index is 0.147. The Bertz CT molecular complexity index is 1400. The van der Waals surface area contributed by atoms with Crippen LogP contribution in [-0.4, -0.2) is 22.3 Å². The quantitative estimate of drug-likeness (QED) is 0.418. The number of aromatic nitrogens is 2. The molecule has 1 aromatic heterocycles. The summed E-state index contributed by atoms with van der Waals surface area (Å²) in [6, 6.07) is 17.9. The van der Waals surface area contributed by atoms with Gasteiger partial charge in [-0.25, -0.2) is 9.37 Å². The normalized spacial score (nSPS) is 12.2. The molecule has 7 nitrogen and oxygen atoms in total. The van der Waals surface area contributed by atoms with Crippen LogP contribution in [0.15, 0.2) is 71.5 Å². The van der Waals surface area contributed by atoms with Gasteiger partial charge >= 0.3 is 5.97 Å². The van der Waals surface area contributed by atoms with Crippen LogP contribution in [0.25, 0.3) is 16.6 Å². The third-order valence-electron chi connectivity index (χ3n) is 5.35. The third kappa shape index (κ3) is 4.27. The molecule has 166 valence electrons. The van der Waals surface area contributed by atoms with Crippen molar-refractivity contribution in [3.05, 3.63) is 94.3 Å². The molecule has 0 saturated heterocycles. The first-order valence-electron chi connectivity index (χ1n) is 10.4. The van der Waals surface area contributed by atoms with E-state index in [1.54, 1.807) is 24.3 Å². The van der Waals surface area contributed by atoms with Crippen molar-refractivity contribution in [2.75, 3.05) is 6.79 Å². The molecule has 0 aliphatic carbocycles. The molecular formula is C25H19FN2O5. The van der Waals surface area contributed by atoms with Gasteiger partial charge in [-0.1, -0.05) is 18.2 Å². The number of para-hydroxylation sites is 1. The summed E-state index contributed by atoms with van der Waals surface area (Å²) >= 11 is 0. The zero-order valence-electron chi connectivity index (χ0n) is 17.5. The molecule has 0 amide bonds. The molecule has 3 aromatic carbocycles. The maximum absolute atomic E-state index is 13.4. The number of ether oxygens (including phenoxy) is 3. The van der Waals surface area contributed by atoms with E-state index in [1.807, 2.05) is 18.2 Å². The predicted molar refractivity (Wildman–Crippen MR) is 118 cm³/mol. The van der Waals surface area contributed by atoms with Gasteiger partial charge in [0.25, 0.3) is 5.56 Å². The molecule has 8 heteroatoms. The van der Waals surface area contributed by atoms with Crippen LogP contribution in [-0.2, 0) is 22.6 Å². The smallest absolute Gasteiger partial charge is 0.306 e. The standard InChI is InChI=1S/C25H19FN2O5/c26-17-7-9-18(10-8-17)28-23(27-20-4-2-1-3-19(20)25(28)30)14-31-24(29)12-6-16-5-11-21-22(13-16)33-15-32-21/h1-5,7-11,13H,6,12,14-15H2. The molecule has 0 fully saturated rings. The summed E-state index contributed by atoms with van der Waals surface area (Å²) in [6.07, 6.45) is 0.611. The van der Waals surface area contributed by atoms with E-state index in [9.17, 15) is 14.0 Å². The number of carbonyl (C=O) groups excluding carboxylic acids is 1. The monoisotopic (exact) mass is 446 g/mol. The highest BCUT2D eigenvalue weighted by Gasteiger charge is 2.16. The van der Waals surface area contributed by atoms with E-state index in [2.05, 4.69) is 4.98 Å². The molecule has 0 N–H and O–H groups in total. The molecule has 0 spiro atoms. The second-order valence-electron chi connectivity index (χ2n) is 7.51. The van der Waals surface area contributed by atoms with Crippen molar-refractivity contribution in [1.82, 2.24) is 9.55 Å². The summed E-state index contributed by atoms with van der Waals surface area (Å²) in [6.45, 7) is -0.00718. The summed E-state index contributed by atoms with van der Waals surface area (Å²) in [5, 5.41) is 0.416. The lowest BCUT2D eigenvalue weighted by Crippen LogP contribution is -2.25. The maximum Gasteiger partial charge on any atom is 0.306 e. The van der Waals surface area contributed by atoms with E-state index in [0.29, 0.717) is 34.5 Å². The summed E-state index contributed by atoms with van der Waals surface area (Å²) in [5.74, 6) is 0.742. The topological polar surface area (TPSA) is 79.7 Å². The molecule has 1 aliphatic rings. The number of aryl methyl sites for hydroxylation is 1. The number of halogens is 1. The predicted octanol–water partition coefficient (Wildman–Crippen LogP) is 3.93. The zero-order chi connectivity index (χ0) is 22.8. The summed E-state index contributed by atoms with van der Waals surface area (Å²) in [5.41, 5.74) is 1.53. The SMILES string of the molecule is O=C(CCc1ccc2c(c1)OCO2)OCc1nc2ccccc2c(=O)n1-c1ccc(F)cc1. The van der Waals surface area contributed by atoms with Crippen LogP contribution in [0.4, 0.5) is 4.39 Å². The average Bonchev–Trinajstić information content (AvgIpc) is 3.30. The average molecular weight is 446 g/mol. The highest BCUT2D eigenvalue weighted by Crippen LogP contribution is 2.32. The minimum atomic E-state index is -0.430. The van der Waals surface area contributed by atoms with Gasteiger partial charge in [-0.05, 0) is 60.5 Å². The summed E-state index contributed by atoms with van der Waals surface area (Å²) < 4.78 is 30.9. The van der Waals surface area contributed by atoms with E-state index < -0.39 is 11.8 Å². The number of esters is 1. The van der Waals surface area contributed by atoms with Crippen molar-refractivity contribution in [3.8, 4) is 17.2 Å². The van der Waals surface area contributed by atoms with Gasteiger partial charge in [0.2, 0.25) is 6.79 Å². The van der Waals surface area contributed by atoms with E-state index in [-0.39, 0.29) is 31.2 Å². The van der Waals surface area contributed by atoms with E-state index >= 15 is 0 Å². The van der Waals surface area contributed by atoms with Crippen LogP contribution < -0.4 is 15.0 Å². The minimum Gasteiger partial charge on any atom is -0.457 e. The second kappa shape index (κ2) is 8.74. The number of fused-ring (bicyclic) bond motifs is 2. The van der Waals surface area contributed by atoms with Gasteiger partial charge in [0.15, 0.2) is 17.3 Å². The molecule has 0 unspecified atom stereocenters. The molecular weight excluding hydrogens is 427 g/mol. The van der Waals surface area contributed by atoms with Crippen molar-refractivity contribution in [1.29, 1.82) is 0 Å². The molecule has 0 atom stereocenters. The van der Waals surface area contributed by atoms with Crippen LogP contribution in [0.2, 0.25) is 0 Å². The Morgan fingerprint density at radius 1 is 1.03 bits per heavy atom. The van der Waals surface area contributed by atoms with Gasteiger partial charge in [-0.15, -0.1) is 0 Å². The number of benzene rings is 3. The fourth-order valence-electron chi connectivity index (χ4n) is 3.69. The van der Waals surface area contributed by atoms with Crippen molar-refractivity contribution in [2.45, 2.75) is 19.4 Å². The van der Waals surface area contributed by atoms with Crippen LogP contribution in [0, 0.1) is 5.82 Å². The Morgan fingerprint density at radius 3 is 2.67 bits per heavy atom.